The molecule has 2 N–H and O–H groups in total. The van der Waals surface area contributed by atoms with E-state index >= 15 is 0 Å². The highest BCUT2D eigenvalue weighted by Gasteiger charge is 2.44. The molecule has 11 heteroatoms. The molecule has 0 bridgehead atoms. The van der Waals surface area contributed by atoms with Crippen molar-refractivity contribution in [3.63, 3.8) is 0 Å². The highest BCUT2D eigenvalue weighted by molar-refractivity contribution is 6.74. The van der Waals surface area contributed by atoms with Crippen LogP contribution < -0.4 is 5.32 Å². The van der Waals surface area contributed by atoms with E-state index in [2.05, 4.69) is 49.0 Å². The van der Waals surface area contributed by atoms with Crippen LogP contribution in [0.1, 0.15) is 54.4 Å². The summed E-state index contributed by atoms with van der Waals surface area (Å²) in [5.41, 5.74) is 0.176. The predicted molar refractivity (Wildman–Crippen MR) is 135 cm³/mol. The average Bonchev–Trinajstić information content (AvgIpc) is 3.27. The minimum atomic E-state index is -1.87. The molecule has 198 valence electrons. The van der Waals surface area contributed by atoms with Crippen LogP contribution in [0.3, 0.4) is 0 Å². The number of rotatable bonds is 6. The molecular formula is C24H43N5O5Si. The predicted octanol–water partition coefficient (Wildman–Crippen LogP) is 2.86. The molecule has 1 atom stereocenters. The van der Waals surface area contributed by atoms with Gasteiger partial charge in [0.15, 0.2) is 8.32 Å². The van der Waals surface area contributed by atoms with E-state index in [0.717, 1.165) is 0 Å². The van der Waals surface area contributed by atoms with E-state index in [-0.39, 0.29) is 22.9 Å². The zero-order valence-corrected chi connectivity index (χ0v) is 23.6. The first-order valence-electron chi connectivity index (χ1n) is 12.5. The molecule has 0 unspecified atom stereocenters. The van der Waals surface area contributed by atoms with E-state index in [1.54, 1.807) is 4.90 Å². The molecule has 2 saturated heterocycles. The fourth-order valence-electron chi connectivity index (χ4n) is 4.47. The maximum atomic E-state index is 13.2. The van der Waals surface area contributed by atoms with Crippen LogP contribution in [0.15, 0.2) is 11.9 Å². The molecule has 0 aromatic rings. The first-order valence-corrected chi connectivity index (χ1v) is 15.4. The van der Waals surface area contributed by atoms with Gasteiger partial charge in [0, 0.05) is 25.3 Å². The Balaban J connectivity index is 1.55. The van der Waals surface area contributed by atoms with Gasteiger partial charge in [-0.3, -0.25) is 9.59 Å². The fourth-order valence-corrected chi connectivity index (χ4v) is 5.39. The number of nitrogens with zero attached hydrogens (tertiary/aromatic N) is 4. The lowest BCUT2D eigenvalue weighted by Gasteiger charge is -2.40. The van der Waals surface area contributed by atoms with Gasteiger partial charge in [-0.2, -0.15) is 0 Å². The van der Waals surface area contributed by atoms with Gasteiger partial charge < -0.3 is 34.4 Å². The molecule has 3 aliphatic rings. The van der Waals surface area contributed by atoms with Crippen LogP contribution in [0.4, 0.5) is 4.79 Å². The Morgan fingerprint density at radius 1 is 1.14 bits per heavy atom. The van der Waals surface area contributed by atoms with E-state index in [4.69, 9.17) is 4.43 Å². The zero-order valence-electron chi connectivity index (χ0n) is 22.6. The number of likely N-dealkylation sites (tertiary alicyclic amines) is 1. The van der Waals surface area contributed by atoms with Gasteiger partial charge in [-0.25, -0.2) is 4.79 Å². The topological polar surface area (TPSA) is 106 Å². The van der Waals surface area contributed by atoms with Crippen LogP contribution in [0.5, 0.6) is 0 Å². The van der Waals surface area contributed by atoms with Crippen molar-refractivity contribution in [3.05, 3.63) is 11.9 Å². The normalized spacial score (nSPS) is 20.8. The SMILES string of the molecule is CC(C)(C)[C@@H](NC(=O)O)C(=O)N1CCC(N2CN3CN(CO[Si](C)(C)C(C)(C)C)C=C3C2=O)CC1. The first-order chi connectivity index (χ1) is 16.0. The maximum absolute atomic E-state index is 13.2. The van der Waals surface area contributed by atoms with Gasteiger partial charge in [-0.1, -0.05) is 41.5 Å². The summed E-state index contributed by atoms with van der Waals surface area (Å²) in [5.74, 6) is -0.170. The van der Waals surface area contributed by atoms with Crippen molar-refractivity contribution in [2.75, 3.05) is 33.2 Å². The molecule has 3 heterocycles. The number of hydrogen-bond acceptors (Lipinski definition) is 6. The second-order valence-electron chi connectivity index (χ2n) is 12.5. The van der Waals surface area contributed by atoms with Crippen molar-refractivity contribution in [3.8, 4) is 0 Å². The standard InChI is InChI=1S/C24H43N5O5Si/c1-23(2,3)19(25-22(32)33)21(31)27-11-9-17(10-12-27)29-15-28-14-26(13-18(28)20(29)30)16-34-35(7,8)24(4,5)6/h13,17,19,25H,9-12,14-16H2,1-8H3,(H,32,33)/t19-/m0/s1. The highest BCUT2D eigenvalue weighted by atomic mass is 28.4. The van der Waals surface area contributed by atoms with Gasteiger partial charge in [-0.05, 0) is 36.4 Å². The van der Waals surface area contributed by atoms with E-state index in [1.165, 1.54) is 0 Å². The largest absolute Gasteiger partial charge is 0.465 e. The van der Waals surface area contributed by atoms with Gasteiger partial charge in [0.05, 0.1) is 13.3 Å². The van der Waals surface area contributed by atoms with Crippen LogP contribution in [0.2, 0.25) is 18.1 Å². The molecule has 35 heavy (non-hydrogen) atoms. The maximum Gasteiger partial charge on any atom is 0.405 e. The number of piperidine rings is 1. The molecule has 0 aliphatic carbocycles. The number of hydrogen-bond donors (Lipinski definition) is 2. The summed E-state index contributed by atoms with van der Waals surface area (Å²) >= 11 is 0. The summed E-state index contributed by atoms with van der Waals surface area (Å²) in [6, 6.07) is -0.740. The molecule has 3 amide bonds. The summed E-state index contributed by atoms with van der Waals surface area (Å²) < 4.78 is 6.31. The van der Waals surface area contributed by atoms with Gasteiger partial charge in [0.2, 0.25) is 5.91 Å². The molecule has 3 aliphatic heterocycles. The lowest BCUT2D eigenvalue weighted by atomic mass is 9.85. The minimum absolute atomic E-state index is 0.0321. The van der Waals surface area contributed by atoms with Crippen LogP contribution >= 0.6 is 0 Å². The third-order valence-electron chi connectivity index (χ3n) is 7.80. The number of nitrogens with one attached hydrogen (secondary N) is 1. The molecule has 0 radical (unpaired) electrons. The number of carboxylic acid groups (broad SMARTS) is 1. The molecule has 0 spiro atoms. The van der Waals surface area contributed by atoms with E-state index in [9.17, 15) is 19.5 Å². The number of carbonyl (C=O) groups is 3. The van der Waals surface area contributed by atoms with Crippen LogP contribution in [-0.4, -0.2) is 96.2 Å². The third-order valence-corrected chi connectivity index (χ3v) is 12.3. The van der Waals surface area contributed by atoms with Gasteiger partial charge in [-0.15, -0.1) is 0 Å². The molecule has 0 aromatic carbocycles. The third kappa shape index (κ3) is 5.94. The van der Waals surface area contributed by atoms with E-state index in [0.29, 0.717) is 51.7 Å². The van der Waals surface area contributed by atoms with Gasteiger partial charge >= 0.3 is 6.09 Å². The van der Waals surface area contributed by atoms with Crippen LogP contribution in [0.25, 0.3) is 0 Å². The Morgan fingerprint density at radius 3 is 2.23 bits per heavy atom. The fraction of sp³-hybridized carbons (Fsp3) is 0.792. The van der Waals surface area contributed by atoms with E-state index < -0.39 is 25.9 Å². The van der Waals surface area contributed by atoms with Gasteiger partial charge in [0.1, 0.15) is 18.5 Å². The molecule has 0 saturated carbocycles. The molecule has 10 nitrogen and oxygen atoms in total. The van der Waals surface area contributed by atoms with Crippen molar-refractivity contribution in [2.45, 2.75) is 84.6 Å². The Hall–Kier alpha value is -2.27. The Labute approximate surface area is 210 Å². The molecule has 3 rings (SSSR count). The second kappa shape index (κ2) is 9.65. The summed E-state index contributed by atoms with van der Waals surface area (Å²) in [6.45, 7) is 19.3. The Morgan fingerprint density at radius 2 is 1.74 bits per heavy atom. The number of fused-ring (bicyclic) bond motifs is 1. The van der Waals surface area contributed by atoms with Crippen molar-refractivity contribution in [2.24, 2.45) is 5.41 Å². The average molecular weight is 510 g/mol. The quantitative estimate of drug-likeness (QED) is 0.531. The Bertz CT molecular complexity index is 871. The number of carbonyl (C=O) groups excluding carboxylic acids is 2. The lowest BCUT2D eigenvalue weighted by Crippen LogP contribution is -2.57. The molecular weight excluding hydrogens is 466 g/mol. The monoisotopic (exact) mass is 509 g/mol. The van der Waals surface area contributed by atoms with Gasteiger partial charge in [0.25, 0.3) is 5.91 Å². The lowest BCUT2D eigenvalue weighted by molar-refractivity contribution is -0.138. The Kier molecular flexibility index (Phi) is 7.53. The minimum Gasteiger partial charge on any atom is -0.465 e. The van der Waals surface area contributed by atoms with E-state index in [1.807, 2.05) is 31.9 Å². The zero-order chi connectivity index (χ0) is 26.3. The second-order valence-corrected chi connectivity index (χ2v) is 17.3. The van der Waals surface area contributed by atoms with Crippen molar-refractivity contribution < 1.29 is 23.9 Å². The highest BCUT2D eigenvalue weighted by Crippen LogP contribution is 2.37. The van der Waals surface area contributed by atoms with Crippen molar-refractivity contribution in [1.82, 2.24) is 24.9 Å². The summed E-state index contributed by atoms with van der Waals surface area (Å²) in [7, 11) is -1.87. The van der Waals surface area contributed by atoms with Crippen LogP contribution in [0, 0.1) is 5.41 Å². The number of amides is 3. The smallest absolute Gasteiger partial charge is 0.405 e. The van der Waals surface area contributed by atoms with Crippen molar-refractivity contribution in [1.29, 1.82) is 0 Å². The molecule has 2 fully saturated rings. The van der Waals surface area contributed by atoms with Crippen molar-refractivity contribution >= 4 is 26.2 Å². The molecule has 0 aromatic heterocycles. The summed E-state index contributed by atoms with van der Waals surface area (Å²) in [6.07, 6.45) is 2.08. The summed E-state index contributed by atoms with van der Waals surface area (Å²) in [4.78, 5) is 45.2. The summed E-state index contributed by atoms with van der Waals surface area (Å²) in [5, 5.41) is 11.7. The first kappa shape index (κ1) is 27.3. The van der Waals surface area contributed by atoms with Crippen LogP contribution in [-0.2, 0) is 14.0 Å².